The molecule has 1 aliphatic rings. The molecule has 0 radical (unpaired) electrons. The Morgan fingerprint density at radius 2 is 1.94 bits per heavy atom. The third-order valence-electron chi connectivity index (χ3n) is 3.94. The van der Waals surface area contributed by atoms with Gasteiger partial charge >= 0.3 is 0 Å². The van der Waals surface area contributed by atoms with Gasteiger partial charge in [0.05, 0.1) is 0 Å². The number of rotatable bonds is 2. The summed E-state index contributed by atoms with van der Waals surface area (Å²) in [4.78, 5) is 0. The molecule has 96 valence electrons. The van der Waals surface area contributed by atoms with Crippen molar-refractivity contribution < 1.29 is 0 Å². The number of anilines is 1. The van der Waals surface area contributed by atoms with Crippen molar-refractivity contribution in [2.75, 3.05) is 12.4 Å². The standard InChI is InChI=1S/C13H23N3S/c1-12(2)7-6-9(13(3,4)8-12)10-15-16-11(14-5)17-10/h9H,6-8H2,1-5H3,(H,14,16). The van der Waals surface area contributed by atoms with Gasteiger partial charge in [0.15, 0.2) is 0 Å². The zero-order valence-corrected chi connectivity index (χ0v) is 12.3. The molecular formula is C13H23N3S. The Balaban J connectivity index is 2.21. The molecule has 0 bridgehead atoms. The number of nitrogens with one attached hydrogen (secondary N) is 1. The van der Waals surface area contributed by atoms with Crippen LogP contribution in [0.25, 0.3) is 0 Å². The minimum Gasteiger partial charge on any atom is -0.363 e. The largest absolute Gasteiger partial charge is 0.363 e. The van der Waals surface area contributed by atoms with E-state index in [2.05, 4.69) is 43.2 Å². The fourth-order valence-electron chi connectivity index (χ4n) is 3.30. The van der Waals surface area contributed by atoms with E-state index in [1.165, 1.54) is 24.3 Å². The summed E-state index contributed by atoms with van der Waals surface area (Å²) in [7, 11) is 1.90. The summed E-state index contributed by atoms with van der Waals surface area (Å²) < 4.78 is 0. The minimum absolute atomic E-state index is 0.326. The first-order valence-electron chi connectivity index (χ1n) is 6.35. The zero-order chi connectivity index (χ0) is 12.7. The zero-order valence-electron chi connectivity index (χ0n) is 11.5. The molecule has 0 saturated heterocycles. The van der Waals surface area contributed by atoms with Crippen LogP contribution in [-0.4, -0.2) is 17.2 Å². The van der Waals surface area contributed by atoms with E-state index in [-0.39, 0.29) is 0 Å². The van der Waals surface area contributed by atoms with E-state index in [1.807, 2.05) is 7.05 Å². The van der Waals surface area contributed by atoms with Gasteiger partial charge in [-0.1, -0.05) is 39.0 Å². The van der Waals surface area contributed by atoms with Crippen LogP contribution in [0, 0.1) is 10.8 Å². The Morgan fingerprint density at radius 1 is 1.24 bits per heavy atom. The summed E-state index contributed by atoms with van der Waals surface area (Å²) in [5, 5.41) is 13.7. The highest BCUT2D eigenvalue weighted by atomic mass is 32.1. The number of hydrogen-bond acceptors (Lipinski definition) is 4. The van der Waals surface area contributed by atoms with E-state index in [4.69, 9.17) is 0 Å². The summed E-state index contributed by atoms with van der Waals surface area (Å²) >= 11 is 1.71. The topological polar surface area (TPSA) is 37.8 Å². The van der Waals surface area contributed by atoms with Crippen LogP contribution >= 0.6 is 11.3 Å². The van der Waals surface area contributed by atoms with Gasteiger partial charge in [-0.2, -0.15) is 0 Å². The van der Waals surface area contributed by atoms with Gasteiger partial charge in [0.25, 0.3) is 0 Å². The molecule has 1 heterocycles. The van der Waals surface area contributed by atoms with Crippen LogP contribution in [0.3, 0.4) is 0 Å². The van der Waals surface area contributed by atoms with Gasteiger partial charge in [-0.3, -0.25) is 0 Å². The highest BCUT2D eigenvalue weighted by Gasteiger charge is 2.42. The van der Waals surface area contributed by atoms with Crippen LogP contribution in [0.4, 0.5) is 5.13 Å². The van der Waals surface area contributed by atoms with Gasteiger partial charge < -0.3 is 5.32 Å². The molecule has 1 aromatic rings. The third-order valence-corrected chi connectivity index (χ3v) is 4.99. The lowest BCUT2D eigenvalue weighted by Crippen LogP contribution is -2.34. The van der Waals surface area contributed by atoms with E-state index in [1.54, 1.807) is 11.3 Å². The van der Waals surface area contributed by atoms with Crippen molar-refractivity contribution in [1.82, 2.24) is 10.2 Å². The average molecular weight is 253 g/mol. The molecule has 0 aromatic carbocycles. The number of hydrogen-bond donors (Lipinski definition) is 1. The lowest BCUT2D eigenvalue weighted by Gasteiger charge is -2.45. The van der Waals surface area contributed by atoms with Gasteiger partial charge in [0.2, 0.25) is 5.13 Å². The lowest BCUT2D eigenvalue weighted by molar-refractivity contribution is 0.0885. The molecule has 4 heteroatoms. The summed E-state index contributed by atoms with van der Waals surface area (Å²) in [6.45, 7) is 9.51. The molecule has 17 heavy (non-hydrogen) atoms. The van der Waals surface area contributed by atoms with Gasteiger partial charge in [-0.15, -0.1) is 10.2 Å². The van der Waals surface area contributed by atoms with Crippen molar-refractivity contribution in [3.8, 4) is 0 Å². The Morgan fingerprint density at radius 3 is 2.47 bits per heavy atom. The maximum absolute atomic E-state index is 4.36. The summed E-state index contributed by atoms with van der Waals surface area (Å²) in [5.74, 6) is 0.565. The first-order chi connectivity index (χ1) is 7.84. The molecule has 1 saturated carbocycles. The van der Waals surface area contributed by atoms with Crippen LogP contribution in [0.1, 0.15) is 57.9 Å². The molecule has 2 rings (SSSR count). The smallest absolute Gasteiger partial charge is 0.205 e. The Labute approximate surface area is 108 Å². The quantitative estimate of drug-likeness (QED) is 0.868. The predicted octanol–water partition coefficient (Wildman–Crippen LogP) is 3.90. The number of nitrogens with zero attached hydrogens (tertiary/aromatic N) is 2. The molecule has 0 spiro atoms. The second kappa shape index (κ2) is 4.23. The lowest BCUT2D eigenvalue weighted by atomic mass is 9.60. The molecule has 3 nitrogen and oxygen atoms in total. The van der Waals surface area contributed by atoms with Crippen LogP contribution in [0.2, 0.25) is 0 Å². The van der Waals surface area contributed by atoms with E-state index < -0.39 is 0 Å². The Kier molecular flexibility index (Phi) is 3.19. The third kappa shape index (κ3) is 2.62. The molecule has 1 unspecified atom stereocenters. The Hall–Kier alpha value is -0.640. The molecule has 0 aliphatic heterocycles. The van der Waals surface area contributed by atoms with Gasteiger partial charge in [-0.05, 0) is 30.1 Å². The second-order valence-electron chi connectivity index (χ2n) is 6.62. The van der Waals surface area contributed by atoms with Gasteiger partial charge in [0.1, 0.15) is 5.01 Å². The van der Waals surface area contributed by atoms with Crippen LogP contribution in [0.5, 0.6) is 0 Å². The highest BCUT2D eigenvalue weighted by molar-refractivity contribution is 7.15. The molecule has 1 aromatic heterocycles. The fraction of sp³-hybridized carbons (Fsp3) is 0.846. The summed E-state index contributed by atoms with van der Waals surface area (Å²) in [5.41, 5.74) is 0.794. The fourth-order valence-corrected chi connectivity index (χ4v) is 4.35. The van der Waals surface area contributed by atoms with Crippen LogP contribution < -0.4 is 5.32 Å². The molecule has 1 fully saturated rings. The summed E-state index contributed by atoms with van der Waals surface area (Å²) in [6.07, 6.45) is 3.78. The maximum atomic E-state index is 4.36. The van der Waals surface area contributed by atoms with Crippen molar-refractivity contribution in [3.63, 3.8) is 0 Å². The van der Waals surface area contributed by atoms with Crippen molar-refractivity contribution in [3.05, 3.63) is 5.01 Å². The second-order valence-corrected chi connectivity index (χ2v) is 7.63. The maximum Gasteiger partial charge on any atom is 0.205 e. The van der Waals surface area contributed by atoms with E-state index in [0.29, 0.717) is 16.7 Å². The first kappa shape index (κ1) is 12.8. The van der Waals surface area contributed by atoms with Crippen molar-refractivity contribution >= 4 is 16.5 Å². The molecule has 1 N–H and O–H groups in total. The molecule has 0 amide bonds. The average Bonchev–Trinajstić information content (AvgIpc) is 2.62. The first-order valence-corrected chi connectivity index (χ1v) is 7.17. The predicted molar refractivity (Wildman–Crippen MR) is 73.6 cm³/mol. The highest BCUT2D eigenvalue weighted by Crippen LogP contribution is 2.53. The molecule has 1 atom stereocenters. The van der Waals surface area contributed by atoms with Gasteiger partial charge in [-0.25, -0.2) is 0 Å². The monoisotopic (exact) mass is 253 g/mol. The van der Waals surface area contributed by atoms with Crippen molar-refractivity contribution in [2.45, 2.75) is 52.9 Å². The van der Waals surface area contributed by atoms with Crippen molar-refractivity contribution in [2.24, 2.45) is 10.8 Å². The van der Waals surface area contributed by atoms with Crippen molar-refractivity contribution in [1.29, 1.82) is 0 Å². The normalized spacial score (nSPS) is 26.8. The van der Waals surface area contributed by atoms with E-state index >= 15 is 0 Å². The van der Waals surface area contributed by atoms with E-state index in [0.717, 1.165) is 5.13 Å². The number of aromatic nitrogens is 2. The van der Waals surface area contributed by atoms with Gasteiger partial charge in [0, 0.05) is 13.0 Å². The Bertz CT molecular complexity index is 395. The van der Waals surface area contributed by atoms with Crippen LogP contribution in [-0.2, 0) is 0 Å². The molecule has 1 aliphatic carbocycles. The minimum atomic E-state index is 0.326. The summed E-state index contributed by atoms with van der Waals surface area (Å²) in [6, 6.07) is 0. The SMILES string of the molecule is CNc1nnc(C2CCC(C)(C)CC2(C)C)s1. The van der Waals surface area contributed by atoms with E-state index in [9.17, 15) is 0 Å². The van der Waals surface area contributed by atoms with Crippen LogP contribution in [0.15, 0.2) is 0 Å². The molecular weight excluding hydrogens is 230 g/mol.